The molecule has 5 rings (SSSR count). The number of fused-ring (bicyclic) bond motifs is 5. The van der Waals surface area contributed by atoms with E-state index in [1.165, 1.54) is 32.8 Å². The van der Waals surface area contributed by atoms with E-state index >= 15 is 0 Å². The van der Waals surface area contributed by atoms with Gasteiger partial charge >= 0.3 is 5.97 Å². The lowest BCUT2D eigenvalue weighted by Gasteiger charge is -2.64. The summed E-state index contributed by atoms with van der Waals surface area (Å²) in [6, 6.07) is 7.65. The van der Waals surface area contributed by atoms with Crippen LogP contribution in [0, 0.1) is 52.3 Å². The molecule has 0 aliphatic heterocycles. The van der Waals surface area contributed by atoms with Gasteiger partial charge in [-0.15, -0.1) is 0 Å². The second-order valence-corrected chi connectivity index (χ2v) is 13.8. The molecule has 38 heavy (non-hydrogen) atoms. The second-order valence-electron chi connectivity index (χ2n) is 13.8. The van der Waals surface area contributed by atoms with E-state index < -0.39 is 0 Å². The first-order valence-electron chi connectivity index (χ1n) is 15.4. The van der Waals surface area contributed by atoms with Crippen molar-refractivity contribution in [3.63, 3.8) is 0 Å². The van der Waals surface area contributed by atoms with E-state index in [-0.39, 0.29) is 29.0 Å². The predicted molar refractivity (Wildman–Crippen MR) is 152 cm³/mol. The Labute approximate surface area is 230 Å². The number of aliphatic hydroxyl groups is 2. The molecule has 4 heteroatoms. The minimum absolute atomic E-state index is 0.191. The third-order valence-corrected chi connectivity index (χ3v) is 12.3. The zero-order chi connectivity index (χ0) is 27.2. The zero-order valence-electron chi connectivity index (χ0n) is 24.2. The molecular weight excluding hydrogens is 472 g/mol. The third-order valence-electron chi connectivity index (χ3n) is 12.3. The number of carbonyl (C=O) groups excluding carboxylic acids is 1. The molecule has 4 nitrogen and oxygen atoms in total. The number of hydrogen-bond donors (Lipinski definition) is 2. The monoisotopic (exact) mass is 522 g/mol. The van der Waals surface area contributed by atoms with Crippen molar-refractivity contribution in [3.05, 3.63) is 41.5 Å². The van der Waals surface area contributed by atoms with Gasteiger partial charge in [0, 0.05) is 0 Å². The molecule has 1 aromatic carbocycles. The van der Waals surface area contributed by atoms with Crippen molar-refractivity contribution in [2.45, 2.75) is 97.7 Å². The predicted octanol–water partition coefficient (Wildman–Crippen LogP) is 7.14. The van der Waals surface area contributed by atoms with Crippen molar-refractivity contribution in [2.24, 2.45) is 52.3 Å². The second kappa shape index (κ2) is 10.7. The van der Waals surface area contributed by atoms with E-state index in [1.54, 1.807) is 0 Å². The van der Waals surface area contributed by atoms with Crippen LogP contribution in [0.2, 0.25) is 0 Å². The van der Waals surface area contributed by atoms with Crippen LogP contribution in [0.1, 0.15) is 101 Å². The van der Waals surface area contributed by atoms with Crippen LogP contribution in [-0.4, -0.2) is 35.5 Å². The highest BCUT2D eigenvalue weighted by atomic mass is 16.5. The molecular formula is C34H50O4. The number of rotatable bonds is 6. The van der Waals surface area contributed by atoms with E-state index in [0.29, 0.717) is 47.0 Å². The summed E-state index contributed by atoms with van der Waals surface area (Å²) in [5.41, 5.74) is 2.06. The van der Waals surface area contributed by atoms with Gasteiger partial charge in [0.15, 0.2) is 0 Å². The Morgan fingerprint density at radius 3 is 2.50 bits per heavy atom. The Morgan fingerprint density at radius 2 is 1.76 bits per heavy atom. The first-order valence-corrected chi connectivity index (χ1v) is 15.4. The van der Waals surface area contributed by atoms with Gasteiger partial charge in [0.25, 0.3) is 0 Å². The van der Waals surface area contributed by atoms with Gasteiger partial charge in [0.2, 0.25) is 0 Å². The highest BCUT2D eigenvalue weighted by molar-refractivity contribution is 5.93. The van der Waals surface area contributed by atoms with E-state index in [0.717, 1.165) is 37.7 Å². The van der Waals surface area contributed by atoms with Crippen molar-refractivity contribution >= 4 is 12.0 Å². The number of hydrogen-bond acceptors (Lipinski definition) is 4. The van der Waals surface area contributed by atoms with Crippen LogP contribution in [0.25, 0.3) is 6.08 Å². The van der Waals surface area contributed by atoms with Crippen molar-refractivity contribution in [3.8, 4) is 0 Å². The Morgan fingerprint density at radius 1 is 1.05 bits per heavy atom. The molecule has 0 saturated heterocycles. The van der Waals surface area contributed by atoms with Crippen LogP contribution < -0.4 is 0 Å². The van der Waals surface area contributed by atoms with E-state index in [2.05, 4.69) is 39.8 Å². The highest BCUT2D eigenvalue weighted by Gasteiger charge is 2.64. The number of aliphatic hydroxyl groups excluding tert-OH is 2. The summed E-state index contributed by atoms with van der Waals surface area (Å²) in [5.74, 6) is 3.25. The van der Waals surface area contributed by atoms with Gasteiger partial charge < -0.3 is 14.9 Å². The molecule has 11 atom stereocenters. The van der Waals surface area contributed by atoms with Crippen LogP contribution in [0.3, 0.4) is 0 Å². The summed E-state index contributed by atoms with van der Waals surface area (Å²) in [6.07, 6.45) is 13.8. The quantitative estimate of drug-likeness (QED) is 0.390. The van der Waals surface area contributed by atoms with Crippen LogP contribution in [-0.2, 0) is 4.74 Å². The van der Waals surface area contributed by atoms with E-state index in [9.17, 15) is 15.0 Å². The fourth-order valence-corrected chi connectivity index (χ4v) is 10.4. The maximum Gasteiger partial charge on any atom is 0.338 e. The molecule has 2 N–H and O–H groups in total. The van der Waals surface area contributed by atoms with Gasteiger partial charge in [0.05, 0.1) is 24.9 Å². The van der Waals surface area contributed by atoms with Crippen molar-refractivity contribution in [1.82, 2.24) is 0 Å². The molecule has 4 aliphatic rings. The Balaban J connectivity index is 1.33. The highest BCUT2D eigenvalue weighted by Crippen LogP contribution is 2.69. The summed E-state index contributed by atoms with van der Waals surface area (Å²) in [6.45, 7) is 9.73. The van der Waals surface area contributed by atoms with Crippen LogP contribution in [0.4, 0.5) is 0 Å². The smallest absolute Gasteiger partial charge is 0.338 e. The molecule has 0 heterocycles. The lowest BCUT2D eigenvalue weighted by Crippen LogP contribution is -2.62. The van der Waals surface area contributed by atoms with Gasteiger partial charge in [-0.05, 0) is 115 Å². The molecule has 0 spiro atoms. The summed E-state index contributed by atoms with van der Waals surface area (Å²) in [5, 5.41) is 22.5. The molecule has 0 radical (unpaired) electrons. The Kier molecular flexibility index (Phi) is 7.88. The van der Waals surface area contributed by atoms with Crippen molar-refractivity contribution < 1.29 is 19.7 Å². The summed E-state index contributed by atoms with van der Waals surface area (Å²) >= 11 is 0. The molecule has 1 aromatic rings. The lowest BCUT2D eigenvalue weighted by atomic mass is 9.41. The van der Waals surface area contributed by atoms with Crippen molar-refractivity contribution in [1.29, 1.82) is 0 Å². The fraction of sp³-hybridized carbons (Fsp3) is 0.735. The van der Waals surface area contributed by atoms with Gasteiger partial charge in [-0.2, -0.15) is 0 Å². The maximum atomic E-state index is 12.2. The minimum Gasteiger partial charge on any atom is -0.465 e. The van der Waals surface area contributed by atoms with Gasteiger partial charge in [0.1, 0.15) is 0 Å². The SMILES string of the molecule is CC[C@@H]1C2C[C@H](O)CC[C@@]2(C)[C@H]2CCC3(C)[C@@H]([C@H](C)C/C=C/c4ccccc4C(=O)OC)CC[C@H]3[C@@H]2[C@@H]1O. The molecule has 2 unspecified atom stereocenters. The Bertz CT molecular complexity index is 1030. The van der Waals surface area contributed by atoms with Crippen LogP contribution >= 0.6 is 0 Å². The van der Waals surface area contributed by atoms with E-state index in [4.69, 9.17) is 4.74 Å². The first kappa shape index (κ1) is 27.9. The maximum absolute atomic E-state index is 12.2. The standard InChI is InChI=1S/C34H50O4/c1-6-24-29-20-23(35)16-18-34(29,4)28-17-19-33(3)26(14-15-27(33)30(28)31(24)36)21(2)10-9-12-22-11-7-8-13-25(22)32(37)38-5/h7-9,11-13,21,23-24,26-31,35-36H,6,10,14-20H2,1-5H3/b12-9+/t21-,23-,24-,26-,27+,28+,29?,30+,31-,33?,34+/m1/s1. The number of carbonyl (C=O) groups is 1. The van der Waals surface area contributed by atoms with Crippen LogP contribution in [0.15, 0.2) is 30.3 Å². The topological polar surface area (TPSA) is 66.8 Å². The normalized spacial score (nSPS) is 43.2. The molecule has 4 fully saturated rings. The van der Waals surface area contributed by atoms with E-state index in [1.807, 2.05) is 24.3 Å². The molecule has 210 valence electrons. The number of allylic oxidation sites excluding steroid dienone is 1. The average molecular weight is 523 g/mol. The van der Waals surface area contributed by atoms with Gasteiger partial charge in [-0.1, -0.05) is 64.5 Å². The molecule has 4 aliphatic carbocycles. The van der Waals surface area contributed by atoms with Crippen molar-refractivity contribution in [2.75, 3.05) is 7.11 Å². The number of ether oxygens (including phenoxy) is 1. The largest absolute Gasteiger partial charge is 0.465 e. The molecule has 0 amide bonds. The number of esters is 1. The van der Waals surface area contributed by atoms with Crippen LogP contribution in [0.5, 0.6) is 0 Å². The minimum atomic E-state index is -0.291. The molecule has 4 saturated carbocycles. The molecule has 0 aromatic heterocycles. The summed E-state index contributed by atoms with van der Waals surface area (Å²) in [7, 11) is 1.43. The fourth-order valence-electron chi connectivity index (χ4n) is 10.4. The first-order chi connectivity index (χ1) is 18.2. The summed E-state index contributed by atoms with van der Waals surface area (Å²) in [4.78, 5) is 12.2. The summed E-state index contributed by atoms with van der Waals surface area (Å²) < 4.78 is 4.97. The van der Waals surface area contributed by atoms with Gasteiger partial charge in [-0.25, -0.2) is 4.79 Å². The third kappa shape index (κ3) is 4.48. The number of methoxy groups -OCH3 is 1. The number of benzene rings is 1. The average Bonchev–Trinajstić information content (AvgIpc) is 3.27. The van der Waals surface area contributed by atoms with Gasteiger partial charge in [-0.3, -0.25) is 0 Å². The zero-order valence-corrected chi connectivity index (χ0v) is 24.2. The lowest BCUT2D eigenvalue weighted by molar-refractivity contribution is -0.203. The molecule has 0 bridgehead atoms. The Hall–Kier alpha value is -1.65.